The molecule has 0 aliphatic rings. The lowest BCUT2D eigenvalue weighted by Gasteiger charge is -2.29. The van der Waals surface area contributed by atoms with Gasteiger partial charge in [0, 0.05) is 8.07 Å². The highest BCUT2D eigenvalue weighted by atomic mass is 28.3. The molecular formula is C8H17O3Si. The van der Waals surface area contributed by atoms with Crippen molar-refractivity contribution in [2.24, 2.45) is 0 Å². The Bertz CT molecular complexity index is 170. The van der Waals surface area contributed by atoms with Gasteiger partial charge < -0.3 is 4.74 Å². The predicted molar refractivity (Wildman–Crippen MR) is 49.4 cm³/mol. The van der Waals surface area contributed by atoms with Crippen molar-refractivity contribution < 1.29 is 14.6 Å². The van der Waals surface area contributed by atoms with Gasteiger partial charge in [-0.1, -0.05) is 19.6 Å². The van der Waals surface area contributed by atoms with Crippen LogP contribution in [-0.4, -0.2) is 19.8 Å². The van der Waals surface area contributed by atoms with Gasteiger partial charge in [0.1, 0.15) is 5.60 Å². The quantitative estimate of drug-likeness (QED) is 0.506. The van der Waals surface area contributed by atoms with Crippen LogP contribution in [0.2, 0.25) is 25.7 Å². The van der Waals surface area contributed by atoms with Crippen LogP contribution in [0.1, 0.15) is 13.8 Å². The number of hydrogen-bond acceptors (Lipinski definition) is 2. The molecule has 0 aromatic heterocycles. The van der Waals surface area contributed by atoms with Crippen molar-refractivity contribution >= 4 is 14.2 Å². The molecule has 0 aromatic carbocycles. The van der Waals surface area contributed by atoms with Crippen molar-refractivity contribution in [1.29, 1.82) is 0 Å². The van der Waals surface area contributed by atoms with Gasteiger partial charge in [0.2, 0.25) is 0 Å². The first kappa shape index (κ1) is 11.5. The Hall–Kier alpha value is -0.513. The molecule has 0 saturated heterocycles. The number of hydrogen-bond donors (Lipinski definition) is 0. The largest absolute Gasteiger partial charge is 0.550 e. The average molecular weight is 189 g/mol. The molecule has 0 aliphatic heterocycles. The first-order valence-electron chi connectivity index (χ1n) is 4.02. The fraction of sp³-hybridized carbons (Fsp3) is 0.875. The minimum absolute atomic E-state index is 0.594. The third kappa shape index (κ3) is 6.21. The molecule has 0 atom stereocenters. The molecule has 71 valence electrons. The van der Waals surface area contributed by atoms with E-state index in [0.717, 1.165) is 6.04 Å². The Balaban J connectivity index is 4.13. The summed E-state index contributed by atoms with van der Waals surface area (Å²) in [7, 11) is -1.28. The van der Waals surface area contributed by atoms with E-state index in [4.69, 9.17) is 0 Å². The summed E-state index contributed by atoms with van der Waals surface area (Å²) in [6.07, 6.45) is -1.43. The van der Waals surface area contributed by atoms with Gasteiger partial charge in [0.15, 0.2) is 0 Å². The van der Waals surface area contributed by atoms with Crippen molar-refractivity contribution in [3.63, 3.8) is 0 Å². The SMILES string of the molecule is CC(C)(C[Si](C)(C)C)OC([O])=O. The van der Waals surface area contributed by atoms with Crippen molar-refractivity contribution in [2.45, 2.75) is 45.1 Å². The van der Waals surface area contributed by atoms with Crippen molar-refractivity contribution in [3.05, 3.63) is 0 Å². The van der Waals surface area contributed by atoms with Crippen LogP contribution in [-0.2, 0) is 9.84 Å². The molecule has 0 saturated carbocycles. The zero-order valence-electron chi connectivity index (χ0n) is 8.43. The predicted octanol–water partition coefficient (Wildman–Crippen LogP) is 2.67. The van der Waals surface area contributed by atoms with Crippen LogP contribution < -0.4 is 0 Å². The fourth-order valence-electron chi connectivity index (χ4n) is 1.54. The maximum Gasteiger partial charge on any atom is 0.550 e. The molecule has 0 aliphatic carbocycles. The molecule has 0 amide bonds. The van der Waals surface area contributed by atoms with Gasteiger partial charge in [-0.3, -0.25) is 0 Å². The number of carbonyl (C=O) groups is 1. The van der Waals surface area contributed by atoms with Crippen LogP contribution in [0, 0.1) is 0 Å². The van der Waals surface area contributed by atoms with Crippen molar-refractivity contribution in [3.8, 4) is 0 Å². The van der Waals surface area contributed by atoms with Crippen LogP contribution in [0.5, 0.6) is 0 Å². The summed E-state index contributed by atoms with van der Waals surface area (Å²) in [6.45, 7) is 10.1. The van der Waals surface area contributed by atoms with Crippen LogP contribution >= 0.6 is 0 Å². The van der Waals surface area contributed by atoms with Crippen LogP contribution in [0.25, 0.3) is 0 Å². The van der Waals surface area contributed by atoms with Crippen molar-refractivity contribution in [2.75, 3.05) is 0 Å². The summed E-state index contributed by atoms with van der Waals surface area (Å²) in [5, 5.41) is 10.2. The summed E-state index contributed by atoms with van der Waals surface area (Å²) in [6, 6.07) is 0.813. The minimum atomic E-state index is -1.43. The van der Waals surface area contributed by atoms with E-state index in [0.29, 0.717) is 0 Å². The van der Waals surface area contributed by atoms with E-state index in [1.165, 1.54) is 0 Å². The summed E-state index contributed by atoms with van der Waals surface area (Å²) in [4.78, 5) is 10.2. The van der Waals surface area contributed by atoms with Gasteiger partial charge in [-0.2, -0.15) is 9.90 Å². The first-order valence-corrected chi connectivity index (χ1v) is 7.73. The summed E-state index contributed by atoms with van der Waals surface area (Å²) in [5.41, 5.74) is -0.594. The average Bonchev–Trinajstić information content (AvgIpc) is 1.48. The van der Waals surface area contributed by atoms with E-state index in [-0.39, 0.29) is 0 Å². The number of rotatable bonds is 3. The molecule has 0 spiro atoms. The molecule has 12 heavy (non-hydrogen) atoms. The molecule has 0 bridgehead atoms. The van der Waals surface area contributed by atoms with Crippen LogP contribution in [0.4, 0.5) is 4.79 Å². The normalized spacial score (nSPS) is 12.8. The molecule has 0 N–H and O–H groups in total. The molecule has 3 nitrogen and oxygen atoms in total. The monoisotopic (exact) mass is 189 g/mol. The molecule has 0 rings (SSSR count). The Labute approximate surface area is 74.7 Å². The van der Waals surface area contributed by atoms with E-state index >= 15 is 0 Å². The standard InChI is InChI=1S/C8H17O3Si/c1-8(2,11-7(9)10)6-12(3,4)5/h6H2,1-5H3. The summed E-state index contributed by atoms with van der Waals surface area (Å²) >= 11 is 0. The molecule has 4 heteroatoms. The van der Waals surface area contributed by atoms with Gasteiger partial charge >= 0.3 is 6.16 Å². The first-order chi connectivity index (χ1) is 5.12. The topological polar surface area (TPSA) is 46.2 Å². The lowest BCUT2D eigenvalue weighted by molar-refractivity contribution is -0.00162. The maximum absolute atomic E-state index is 10.2. The fourth-order valence-corrected chi connectivity index (χ4v) is 4.17. The van der Waals surface area contributed by atoms with Crippen LogP contribution in [0.3, 0.4) is 0 Å². The smallest absolute Gasteiger partial charge is 0.426 e. The molecule has 0 heterocycles. The summed E-state index contributed by atoms with van der Waals surface area (Å²) < 4.78 is 4.65. The Morgan fingerprint density at radius 1 is 1.33 bits per heavy atom. The molecular weight excluding hydrogens is 172 g/mol. The Morgan fingerprint density at radius 2 is 1.75 bits per heavy atom. The third-order valence-corrected chi connectivity index (χ3v) is 3.23. The van der Waals surface area contributed by atoms with Gasteiger partial charge in [0.05, 0.1) is 0 Å². The third-order valence-electron chi connectivity index (χ3n) is 1.32. The van der Waals surface area contributed by atoms with Crippen LogP contribution in [0.15, 0.2) is 0 Å². The van der Waals surface area contributed by atoms with E-state index in [9.17, 15) is 9.90 Å². The van der Waals surface area contributed by atoms with E-state index < -0.39 is 19.8 Å². The second kappa shape index (κ2) is 3.47. The highest BCUT2D eigenvalue weighted by Crippen LogP contribution is 2.23. The lowest BCUT2D eigenvalue weighted by atomic mass is 10.2. The lowest BCUT2D eigenvalue weighted by Crippen LogP contribution is -2.36. The van der Waals surface area contributed by atoms with Gasteiger partial charge in [-0.15, -0.1) is 0 Å². The molecule has 0 fully saturated rings. The highest BCUT2D eigenvalue weighted by molar-refractivity contribution is 6.76. The minimum Gasteiger partial charge on any atom is -0.426 e. The van der Waals surface area contributed by atoms with Gasteiger partial charge in [-0.25, -0.2) is 0 Å². The number of ether oxygens (including phenoxy) is 1. The van der Waals surface area contributed by atoms with Gasteiger partial charge in [0.25, 0.3) is 0 Å². The zero-order valence-corrected chi connectivity index (χ0v) is 9.43. The molecule has 0 unspecified atom stereocenters. The summed E-state index contributed by atoms with van der Waals surface area (Å²) in [5.74, 6) is 0. The highest BCUT2D eigenvalue weighted by Gasteiger charge is 2.30. The second-order valence-corrected chi connectivity index (χ2v) is 10.3. The Morgan fingerprint density at radius 3 is 2.00 bits per heavy atom. The van der Waals surface area contributed by atoms with Gasteiger partial charge in [-0.05, 0) is 19.9 Å². The molecule has 1 radical (unpaired) electrons. The zero-order chi connectivity index (χ0) is 9.99. The Kier molecular flexibility index (Phi) is 3.32. The van der Waals surface area contributed by atoms with Crippen molar-refractivity contribution in [1.82, 2.24) is 0 Å². The number of carbonyl (C=O) groups excluding carboxylic acids is 1. The molecule has 0 aromatic rings. The van der Waals surface area contributed by atoms with E-state index in [1.54, 1.807) is 13.8 Å². The van der Waals surface area contributed by atoms with E-state index in [1.807, 2.05) is 0 Å². The van der Waals surface area contributed by atoms with E-state index in [2.05, 4.69) is 24.4 Å². The maximum atomic E-state index is 10.2. The second-order valence-electron chi connectivity index (χ2n) is 4.85.